The van der Waals surface area contributed by atoms with Crippen LogP contribution in [0.1, 0.15) is 10.4 Å². The zero-order valence-corrected chi connectivity index (χ0v) is 13.0. The molecule has 2 aromatic rings. The van der Waals surface area contributed by atoms with E-state index in [1.807, 2.05) is 0 Å². The minimum atomic E-state index is -0.305. The van der Waals surface area contributed by atoms with Crippen molar-refractivity contribution in [2.24, 2.45) is 0 Å². The average molecular weight is 356 g/mol. The molecule has 6 heteroatoms. The van der Waals surface area contributed by atoms with Gasteiger partial charge < -0.3 is 15.8 Å². The molecular formula is C14H12BrClN2O2. The first-order valence-corrected chi connectivity index (χ1v) is 6.89. The molecule has 0 aliphatic rings. The van der Waals surface area contributed by atoms with E-state index in [1.165, 1.54) is 7.11 Å². The molecule has 3 N–H and O–H groups in total. The van der Waals surface area contributed by atoms with E-state index in [9.17, 15) is 4.79 Å². The van der Waals surface area contributed by atoms with Gasteiger partial charge in [-0.15, -0.1) is 0 Å². The first-order valence-electron chi connectivity index (χ1n) is 5.72. The van der Waals surface area contributed by atoms with E-state index in [-0.39, 0.29) is 5.91 Å². The summed E-state index contributed by atoms with van der Waals surface area (Å²) < 4.78 is 5.73. The largest absolute Gasteiger partial charge is 0.495 e. The second-order valence-electron chi connectivity index (χ2n) is 4.01. The smallest absolute Gasteiger partial charge is 0.257 e. The molecule has 2 aromatic carbocycles. The van der Waals surface area contributed by atoms with Crippen molar-refractivity contribution in [3.05, 3.63) is 51.5 Å². The molecule has 0 saturated carbocycles. The maximum atomic E-state index is 12.2. The number of carbonyl (C=O) groups is 1. The standard InChI is InChI=1S/C14H12BrClN2O2/c1-20-12-6-5-8(7-11(12)17)18-14(19)9-3-2-4-10(15)13(9)16/h2-7H,17H2,1H3,(H,18,19). The van der Waals surface area contributed by atoms with Crippen LogP contribution >= 0.6 is 27.5 Å². The molecule has 0 fully saturated rings. The Morgan fingerprint density at radius 3 is 2.75 bits per heavy atom. The van der Waals surface area contributed by atoms with Crippen molar-refractivity contribution in [1.29, 1.82) is 0 Å². The van der Waals surface area contributed by atoms with Gasteiger partial charge in [0.2, 0.25) is 0 Å². The lowest BCUT2D eigenvalue weighted by molar-refractivity contribution is 0.102. The predicted octanol–water partition coefficient (Wildman–Crippen LogP) is 3.95. The van der Waals surface area contributed by atoms with Gasteiger partial charge in [0.1, 0.15) is 5.75 Å². The molecule has 0 bridgehead atoms. The summed E-state index contributed by atoms with van der Waals surface area (Å²) in [6, 6.07) is 10.2. The number of amides is 1. The maximum Gasteiger partial charge on any atom is 0.257 e. The van der Waals surface area contributed by atoms with Crippen LogP contribution in [0.2, 0.25) is 5.02 Å². The molecule has 104 valence electrons. The maximum absolute atomic E-state index is 12.2. The van der Waals surface area contributed by atoms with Crippen LogP contribution in [-0.4, -0.2) is 13.0 Å². The summed E-state index contributed by atoms with van der Waals surface area (Å²) in [6.45, 7) is 0. The monoisotopic (exact) mass is 354 g/mol. The molecule has 0 radical (unpaired) electrons. The molecule has 4 nitrogen and oxygen atoms in total. The Bertz CT molecular complexity index is 662. The number of carbonyl (C=O) groups excluding carboxylic acids is 1. The number of hydrogen-bond donors (Lipinski definition) is 2. The van der Waals surface area contributed by atoms with Crippen LogP contribution < -0.4 is 15.8 Å². The van der Waals surface area contributed by atoms with E-state index in [4.69, 9.17) is 22.1 Å². The van der Waals surface area contributed by atoms with Gasteiger partial charge in [-0.25, -0.2) is 0 Å². The van der Waals surface area contributed by atoms with Crippen molar-refractivity contribution in [2.75, 3.05) is 18.2 Å². The van der Waals surface area contributed by atoms with Gasteiger partial charge in [0.15, 0.2) is 0 Å². The van der Waals surface area contributed by atoms with Crippen LogP contribution in [-0.2, 0) is 0 Å². The first kappa shape index (κ1) is 14.7. The lowest BCUT2D eigenvalue weighted by Crippen LogP contribution is -2.12. The number of nitrogen functional groups attached to an aromatic ring is 1. The second-order valence-corrected chi connectivity index (χ2v) is 5.24. The van der Waals surface area contributed by atoms with Gasteiger partial charge in [0.25, 0.3) is 5.91 Å². The molecule has 0 spiro atoms. The van der Waals surface area contributed by atoms with Crippen LogP contribution in [0.5, 0.6) is 5.75 Å². The zero-order valence-electron chi connectivity index (χ0n) is 10.6. The quantitative estimate of drug-likeness (QED) is 0.820. The van der Waals surface area contributed by atoms with Crippen LogP contribution in [0, 0.1) is 0 Å². The summed E-state index contributed by atoms with van der Waals surface area (Å²) in [5.74, 6) is 0.254. The van der Waals surface area contributed by atoms with E-state index in [0.29, 0.717) is 32.2 Å². The summed E-state index contributed by atoms with van der Waals surface area (Å²) in [5, 5.41) is 3.11. The van der Waals surface area contributed by atoms with Crippen molar-refractivity contribution in [3.63, 3.8) is 0 Å². The van der Waals surface area contributed by atoms with Crippen LogP contribution in [0.25, 0.3) is 0 Å². The summed E-state index contributed by atoms with van der Waals surface area (Å²) in [7, 11) is 1.53. The van der Waals surface area contributed by atoms with Crippen molar-refractivity contribution >= 4 is 44.8 Å². The first-order chi connectivity index (χ1) is 9.52. The molecule has 0 aliphatic carbocycles. The van der Waals surface area contributed by atoms with Gasteiger partial charge in [-0.3, -0.25) is 4.79 Å². The van der Waals surface area contributed by atoms with Gasteiger partial charge in [-0.05, 0) is 46.3 Å². The van der Waals surface area contributed by atoms with Crippen molar-refractivity contribution in [2.45, 2.75) is 0 Å². The third-order valence-corrected chi connectivity index (χ3v) is 3.98. The van der Waals surface area contributed by atoms with Gasteiger partial charge >= 0.3 is 0 Å². The molecule has 0 atom stereocenters. The van der Waals surface area contributed by atoms with Gasteiger partial charge in [-0.1, -0.05) is 17.7 Å². The Morgan fingerprint density at radius 2 is 2.10 bits per heavy atom. The van der Waals surface area contributed by atoms with E-state index < -0.39 is 0 Å². The number of ether oxygens (including phenoxy) is 1. The van der Waals surface area contributed by atoms with E-state index in [2.05, 4.69) is 21.2 Å². The molecule has 0 heterocycles. The number of halogens is 2. The third kappa shape index (κ3) is 3.05. The zero-order chi connectivity index (χ0) is 14.7. The fourth-order valence-electron chi connectivity index (χ4n) is 1.69. The highest BCUT2D eigenvalue weighted by atomic mass is 79.9. The van der Waals surface area contributed by atoms with Crippen molar-refractivity contribution in [3.8, 4) is 5.75 Å². The minimum Gasteiger partial charge on any atom is -0.495 e. The molecule has 20 heavy (non-hydrogen) atoms. The molecule has 0 aromatic heterocycles. The highest BCUT2D eigenvalue weighted by Gasteiger charge is 2.13. The fourth-order valence-corrected chi connectivity index (χ4v) is 2.27. The Kier molecular flexibility index (Phi) is 4.52. The Morgan fingerprint density at radius 1 is 1.35 bits per heavy atom. The normalized spacial score (nSPS) is 10.2. The molecular weight excluding hydrogens is 344 g/mol. The predicted molar refractivity (Wildman–Crippen MR) is 84.5 cm³/mol. The van der Waals surface area contributed by atoms with E-state index in [0.717, 1.165) is 0 Å². The lowest BCUT2D eigenvalue weighted by atomic mass is 10.2. The number of rotatable bonds is 3. The Balaban J connectivity index is 2.24. The molecule has 0 saturated heterocycles. The number of nitrogens with two attached hydrogens (primary N) is 1. The van der Waals surface area contributed by atoms with Crippen LogP contribution in [0.15, 0.2) is 40.9 Å². The number of anilines is 2. The molecule has 2 rings (SSSR count). The van der Waals surface area contributed by atoms with Crippen LogP contribution in [0.3, 0.4) is 0 Å². The number of hydrogen-bond acceptors (Lipinski definition) is 3. The van der Waals surface area contributed by atoms with E-state index in [1.54, 1.807) is 36.4 Å². The molecule has 1 amide bonds. The fraction of sp³-hybridized carbons (Fsp3) is 0.0714. The summed E-state index contributed by atoms with van der Waals surface area (Å²) in [6.07, 6.45) is 0. The summed E-state index contributed by atoms with van der Waals surface area (Å²) in [4.78, 5) is 12.2. The highest BCUT2D eigenvalue weighted by molar-refractivity contribution is 9.10. The Hall–Kier alpha value is -1.72. The second kappa shape index (κ2) is 6.15. The number of methoxy groups -OCH3 is 1. The summed E-state index contributed by atoms with van der Waals surface area (Å²) >= 11 is 9.36. The van der Waals surface area contributed by atoms with Gasteiger partial charge in [0, 0.05) is 10.2 Å². The van der Waals surface area contributed by atoms with Gasteiger partial charge in [0.05, 0.1) is 23.4 Å². The minimum absolute atomic E-state index is 0.305. The molecule has 0 aliphatic heterocycles. The SMILES string of the molecule is COc1ccc(NC(=O)c2cccc(Br)c2Cl)cc1N. The summed E-state index contributed by atoms with van der Waals surface area (Å²) in [5.41, 5.74) is 7.20. The number of benzene rings is 2. The third-order valence-electron chi connectivity index (χ3n) is 2.68. The van der Waals surface area contributed by atoms with Crippen LogP contribution in [0.4, 0.5) is 11.4 Å². The topological polar surface area (TPSA) is 64.3 Å². The van der Waals surface area contributed by atoms with E-state index >= 15 is 0 Å². The highest BCUT2D eigenvalue weighted by Crippen LogP contribution is 2.28. The van der Waals surface area contributed by atoms with Gasteiger partial charge in [-0.2, -0.15) is 0 Å². The average Bonchev–Trinajstić information content (AvgIpc) is 2.42. The Labute approximate surface area is 130 Å². The molecule has 0 unspecified atom stereocenters. The van der Waals surface area contributed by atoms with Crippen molar-refractivity contribution in [1.82, 2.24) is 0 Å². The lowest BCUT2D eigenvalue weighted by Gasteiger charge is -2.10. The number of nitrogens with one attached hydrogen (secondary N) is 1. The van der Waals surface area contributed by atoms with Crippen molar-refractivity contribution < 1.29 is 9.53 Å².